The zero-order valence-electron chi connectivity index (χ0n) is 12.3. The van der Waals surface area contributed by atoms with Crippen LogP contribution in [0.4, 0.5) is 0 Å². The average Bonchev–Trinajstić information content (AvgIpc) is 2.52. The molecule has 21 heavy (non-hydrogen) atoms. The van der Waals surface area contributed by atoms with E-state index in [-0.39, 0.29) is 5.97 Å². The van der Waals surface area contributed by atoms with E-state index in [2.05, 4.69) is 9.72 Å². The van der Waals surface area contributed by atoms with Crippen LogP contribution in [0.2, 0.25) is 0 Å². The monoisotopic (exact) mass is 287 g/mol. The molecule has 0 aliphatic rings. The average molecular weight is 287 g/mol. The summed E-state index contributed by atoms with van der Waals surface area (Å²) in [6.45, 7) is 2.23. The van der Waals surface area contributed by atoms with Crippen molar-refractivity contribution in [3.8, 4) is 11.5 Å². The van der Waals surface area contributed by atoms with Crippen molar-refractivity contribution in [1.82, 2.24) is 4.98 Å². The number of carbonyl (C=O) groups excluding carboxylic acids is 1. The molecule has 5 heteroatoms. The van der Waals surface area contributed by atoms with Gasteiger partial charge in [0, 0.05) is 17.8 Å². The van der Waals surface area contributed by atoms with E-state index < -0.39 is 0 Å². The Hall–Kier alpha value is -2.56. The molecule has 0 bridgehead atoms. The number of hydrogen-bond donors (Lipinski definition) is 0. The van der Waals surface area contributed by atoms with Crippen molar-refractivity contribution in [1.29, 1.82) is 0 Å². The van der Waals surface area contributed by atoms with Crippen molar-refractivity contribution < 1.29 is 19.0 Å². The van der Waals surface area contributed by atoms with Crippen molar-refractivity contribution >= 4 is 5.97 Å². The summed E-state index contributed by atoms with van der Waals surface area (Å²) < 4.78 is 15.5. The number of rotatable bonds is 5. The molecule has 110 valence electrons. The molecule has 0 spiro atoms. The number of carbonyl (C=O) groups is 1. The second-order valence-electron chi connectivity index (χ2n) is 4.44. The van der Waals surface area contributed by atoms with Crippen LogP contribution in [0.5, 0.6) is 11.5 Å². The van der Waals surface area contributed by atoms with Gasteiger partial charge in [-0.2, -0.15) is 0 Å². The molecule has 0 aliphatic heterocycles. The number of methoxy groups -OCH3 is 2. The number of ether oxygens (including phenoxy) is 3. The van der Waals surface area contributed by atoms with Crippen molar-refractivity contribution in [2.75, 3.05) is 14.2 Å². The summed E-state index contributed by atoms with van der Waals surface area (Å²) in [4.78, 5) is 15.7. The first kappa shape index (κ1) is 14.8. The molecule has 0 saturated carbocycles. The number of hydrogen-bond acceptors (Lipinski definition) is 5. The van der Waals surface area contributed by atoms with Gasteiger partial charge in [-0.15, -0.1) is 0 Å². The molecular formula is C16H17NO4. The van der Waals surface area contributed by atoms with Crippen molar-refractivity contribution in [3.05, 3.63) is 53.3 Å². The third-order valence-electron chi connectivity index (χ3n) is 2.88. The Kier molecular flexibility index (Phi) is 4.77. The van der Waals surface area contributed by atoms with Gasteiger partial charge in [-0.1, -0.05) is 0 Å². The van der Waals surface area contributed by atoms with Gasteiger partial charge in [-0.05, 0) is 31.2 Å². The minimum atomic E-state index is -0.369. The third-order valence-corrected chi connectivity index (χ3v) is 2.88. The SMILES string of the molecule is COC(=O)c1ccc(OCc2cc(OC)cc(C)n2)cc1. The largest absolute Gasteiger partial charge is 0.497 e. The van der Waals surface area contributed by atoms with Gasteiger partial charge in [-0.3, -0.25) is 4.98 Å². The Morgan fingerprint density at radius 1 is 1.10 bits per heavy atom. The summed E-state index contributed by atoms with van der Waals surface area (Å²) in [7, 11) is 2.97. The van der Waals surface area contributed by atoms with E-state index in [9.17, 15) is 4.79 Å². The molecule has 1 aromatic carbocycles. The fourth-order valence-electron chi connectivity index (χ4n) is 1.86. The topological polar surface area (TPSA) is 57.7 Å². The molecular weight excluding hydrogens is 270 g/mol. The summed E-state index contributed by atoms with van der Waals surface area (Å²) in [6.07, 6.45) is 0. The van der Waals surface area contributed by atoms with Crippen LogP contribution in [0, 0.1) is 6.92 Å². The number of aromatic nitrogens is 1. The van der Waals surface area contributed by atoms with Gasteiger partial charge >= 0.3 is 5.97 Å². The van der Waals surface area contributed by atoms with Crippen LogP contribution in [0.25, 0.3) is 0 Å². The van der Waals surface area contributed by atoms with Gasteiger partial charge in [0.25, 0.3) is 0 Å². The van der Waals surface area contributed by atoms with Crippen LogP contribution in [-0.4, -0.2) is 25.2 Å². The van der Waals surface area contributed by atoms with E-state index in [4.69, 9.17) is 9.47 Å². The van der Waals surface area contributed by atoms with Crippen molar-refractivity contribution in [2.24, 2.45) is 0 Å². The smallest absolute Gasteiger partial charge is 0.337 e. The van der Waals surface area contributed by atoms with E-state index in [0.717, 1.165) is 17.1 Å². The first-order valence-corrected chi connectivity index (χ1v) is 6.45. The highest BCUT2D eigenvalue weighted by Gasteiger charge is 2.06. The van der Waals surface area contributed by atoms with Gasteiger partial charge in [0.2, 0.25) is 0 Å². The highest BCUT2D eigenvalue weighted by atomic mass is 16.5. The molecule has 1 heterocycles. The normalized spacial score (nSPS) is 10.0. The predicted octanol–water partition coefficient (Wildman–Crippen LogP) is 2.76. The molecule has 0 atom stereocenters. The van der Waals surface area contributed by atoms with Crippen LogP contribution in [0.3, 0.4) is 0 Å². The summed E-state index contributed by atoms with van der Waals surface area (Å²) in [6, 6.07) is 10.4. The summed E-state index contributed by atoms with van der Waals surface area (Å²) in [5.41, 5.74) is 2.14. The minimum Gasteiger partial charge on any atom is -0.497 e. The third kappa shape index (κ3) is 3.95. The minimum absolute atomic E-state index is 0.329. The van der Waals surface area contributed by atoms with Crippen molar-refractivity contribution in [2.45, 2.75) is 13.5 Å². The maximum Gasteiger partial charge on any atom is 0.337 e. The van der Waals surface area contributed by atoms with Crippen LogP contribution in [-0.2, 0) is 11.3 Å². The Labute approximate surface area is 123 Å². The highest BCUT2D eigenvalue weighted by molar-refractivity contribution is 5.89. The number of benzene rings is 1. The van der Waals surface area contributed by atoms with Gasteiger partial charge < -0.3 is 14.2 Å². The maximum atomic E-state index is 11.3. The summed E-state index contributed by atoms with van der Waals surface area (Å²) in [5, 5.41) is 0. The standard InChI is InChI=1S/C16H17NO4/c1-11-8-15(19-2)9-13(17-11)10-21-14-6-4-12(5-7-14)16(18)20-3/h4-9H,10H2,1-3H3. The molecule has 0 saturated heterocycles. The Morgan fingerprint density at radius 2 is 1.81 bits per heavy atom. The zero-order chi connectivity index (χ0) is 15.2. The highest BCUT2D eigenvalue weighted by Crippen LogP contribution is 2.17. The number of nitrogens with zero attached hydrogens (tertiary/aromatic N) is 1. The fraction of sp³-hybridized carbons (Fsp3) is 0.250. The predicted molar refractivity (Wildman–Crippen MR) is 77.6 cm³/mol. The molecule has 1 aromatic heterocycles. The lowest BCUT2D eigenvalue weighted by Crippen LogP contribution is -2.02. The fourth-order valence-corrected chi connectivity index (χ4v) is 1.86. The molecule has 2 rings (SSSR count). The number of pyridine rings is 1. The van der Waals surface area contributed by atoms with Crippen LogP contribution >= 0.6 is 0 Å². The Morgan fingerprint density at radius 3 is 2.43 bits per heavy atom. The lowest BCUT2D eigenvalue weighted by atomic mass is 10.2. The maximum absolute atomic E-state index is 11.3. The first-order chi connectivity index (χ1) is 10.1. The molecule has 0 aliphatic carbocycles. The van der Waals surface area contributed by atoms with Crippen molar-refractivity contribution in [3.63, 3.8) is 0 Å². The first-order valence-electron chi connectivity index (χ1n) is 6.45. The summed E-state index contributed by atoms with van der Waals surface area (Å²) >= 11 is 0. The number of aryl methyl sites for hydroxylation is 1. The lowest BCUT2D eigenvalue weighted by molar-refractivity contribution is 0.0600. The summed E-state index contributed by atoms with van der Waals surface area (Å²) in [5.74, 6) is 1.04. The quantitative estimate of drug-likeness (QED) is 0.791. The van der Waals surface area contributed by atoms with Crippen LogP contribution in [0.15, 0.2) is 36.4 Å². The van der Waals surface area contributed by atoms with Gasteiger partial charge in [0.1, 0.15) is 18.1 Å². The molecule has 0 unspecified atom stereocenters. The Bertz CT molecular complexity index is 623. The molecule has 0 radical (unpaired) electrons. The van der Waals surface area contributed by atoms with E-state index in [1.165, 1.54) is 7.11 Å². The molecule has 0 amide bonds. The van der Waals surface area contributed by atoms with Gasteiger partial charge in [0.15, 0.2) is 0 Å². The van der Waals surface area contributed by atoms with E-state index in [0.29, 0.717) is 17.9 Å². The second kappa shape index (κ2) is 6.74. The zero-order valence-corrected chi connectivity index (χ0v) is 12.3. The molecule has 0 fully saturated rings. The van der Waals surface area contributed by atoms with Gasteiger partial charge in [-0.25, -0.2) is 4.79 Å². The van der Waals surface area contributed by atoms with E-state index in [1.54, 1.807) is 31.4 Å². The van der Waals surface area contributed by atoms with Crippen LogP contribution in [0.1, 0.15) is 21.7 Å². The molecule has 0 N–H and O–H groups in total. The van der Waals surface area contributed by atoms with E-state index >= 15 is 0 Å². The van der Waals surface area contributed by atoms with Crippen LogP contribution < -0.4 is 9.47 Å². The lowest BCUT2D eigenvalue weighted by Gasteiger charge is -2.08. The van der Waals surface area contributed by atoms with Gasteiger partial charge in [0.05, 0.1) is 25.5 Å². The Balaban J connectivity index is 2.03. The number of esters is 1. The van der Waals surface area contributed by atoms with E-state index in [1.807, 2.05) is 19.1 Å². The second-order valence-corrected chi connectivity index (χ2v) is 4.44. The molecule has 5 nitrogen and oxygen atoms in total. The molecule has 2 aromatic rings.